The SMILES string of the molecule is Cl.NC(=O)COc1ccc(F)cc1. The van der Waals surface area contributed by atoms with Gasteiger partial charge in [-0.15, -0.1) is 12.4 Å². The lowest BCUT2D eigenvalue weighted by molar-refractivity contribution is -0.119. The molecule has 0 heterocycles. The Morgan fingerprint density at radius 1 is 1.38 bits per heavy atom. The number of benzene rings is 1. The maximum atomic E-state index is 12.3. The summed E-state index contributed by atoms with van der Waals surface area (Å²) in [7, 11) is 0. The van der Waals surface area contributed by atoms with Crippen molar-refractivity contribution in [1.29, 1.82) is 0 Å². The number of primary amides is 1. The first kappa shape index (κ1) is 11.7. The van der Waals surface area contributed by atoms with Crippen LogP contribution in [-0.4, -0.2) is 12.5 Å². The predicted octanol–water partition coefficient (Wildman–Crippen LogP) is 1.11. The second kappa shape index (κ2) is 5.37. The van der Waals surface area contributed by atoms with Crippen LogP contribution >= 0.6 is 12.4 Å². The zero-order chi connectivity index (χ0) is 8.97. The lowest BCUT2D eigenvalue weighted by atomic mass is 10.3. The Bertz CT molecular complexity index is 276. The molecule has 0 aliphatic carbocycles. The Morgan fingerprint density at radius 2 is 1.92 bits per heavy atom. The molecule has 3 nitrogen and oxygen atoms in total. The van der Waals surface area contributed by atoms with Crippen molar-refractivity contribution in [3.63, 3.8) is 0 Å². The minimum atomic E-state index is -0.556. The van der Waals surface area contributed by atoms with Crippen molar-refractivity contribution in [2.24, 2.45) is 5.73 Å². The molecule has 0 bridgehead atoms. The van der Waals surface area contributed by atoms with Crippen LogP contribution < -0.4 is 10.5 Å². The van der Waals surface area contributed by atoms with Gasteiger partial charge < -0.3 is 10.5 Å². The summed E-state index contributed by atoms with van der Waals surface area (Å²) in [5.74, 6) is -0.476. The van der Waals surface area contributed by atoms with E-state index in [-0.39, 0.29) is 24.8 Å². The maximum absolute atomic E-state index is 12.3. The smallest absolute Gasteiger partial charge is 0.255 e. The first-order valence-electron chi connectivity index (χ1n) is 3.35. The number of carbonyl (C=O) groups excluding carboxylic acids is 1. The summed E-state index contributed by atoms with van der Waals surface area (Å²) in [6.07, 6.45) is 0. The largest absolute Gasteiger partial charge is 0.484 e. The molecule has 2 N–H and O–H groups in total. The second-order valence-corrected chi connectivity index (χ2v) is 2.21. The first-order valence-corrected chi connectivity index (χ1v) is 3.35. The molecule has 0 saturated heterocycles. The van der Waals surface area contributed by atoms with E-state index in [2.05, 4.69) is 0 Å². The summed E-state index contributed by atoms with van der Waals surface area (Å²) >= 11 is 0. The molecule has 0 fully saturated rings. The van der Waals surface area contributed by atoms with Gasteiger partial charge in [0.25, 0.3) is 5.91 Å². The third-order valence-corrected chi connectivity index (χ3v) is 1.19. The van der Waals surface area contributed by atoms with Crippen LogP contribution in [0.5, 0.6) is 5.75 Å². The summed E-state index contributed by atoms with van der Waals surface area (Å²) in [5.41, 5.74) is 4.83. The van der Waals surface area contributed by atoms with Crippen molar-refractivity contribution in [3.8, 4) is 5.75 Å². The molecule has 0 aliphatic rings. The zero-order valence-corrected chi connectivity index (χ0v) is 7.51. The fourth-order valence-corrected chi connectivity index (χ4v) is 0.685. The van der Waals surface area contributed by atoms with E-state index < -0.39 is 5.91 Å². The van der Waals surface area contributed by atoms with Crippen LogP contribution in [0.2, 0.25) is 0 Å². The van der Waals surface area contributed by atoms with Crippen LogP contribution in [0.1, 0.15) is 0 Å². The Labute approximate surface area is 81.1 Å². The normalized spacial score (nSPS) is 8.69. The highest BCUT2D eigenvalue weighted by Gasteiger charge is 1.96. The fourth-order valence-electron chi connectivity index (χ4n) is 0.685. The van der Waals surface area contributed by atoms with Crippen molar-refractivity contribution in [2.45, 2.75) is 0 Å². The van der Waals surface area contributed by atoms with Crippen molar-refractivity contribution in [2.75, 3.05) is 6.61 Å². The van der Waals surface area contributed by atoms with Gasteiger partial charge in [0, 0.05) is 0 Å². The first-order chi connectivity index (χ1) is 5.68. The number of amides is 1. The number of carbonyl (C=O) groups is 1. The molecule has 0 radical (unpaired) electrons. The Kier molecular flexibility index (Phi) is 4.84. The van der Waals surface area contributed by atoms with Crippen molar-refractivity contribution in [3.05, 3.63) is 30.1 Å². The molecule has 1 aromatic rings. The monoisotopic (exact) mass is 205 g/mol. The molecule has 0 aliphatic heterocycles. The Morgan fingerprint density at radius 3 is 2.38 bits per heavy atom. The Balaban J connectivity index is 0.00000144. The molecule has 0 saturated carbocycles. The van der Waals surface area contributed by atoms with Gasteiger partial charge in [-0.2, -0.15) is 0 Å². The maximum Gasteiger partial charge on any atom is 0.255 e. The van der Waals surface area contributed by atoms with Crippen molar-refractivity contribution in [1.82, 2.24) is 0 Å². The highest BCUT2D eigenvalue weighted by molar-refractivity contribution is 5.85. The van der Waals surface area contributed by atoms with E-state index in [4.69, 9.17) is 10.5 Å². The van der Waals surface area contributed by atoms with E-state index in [9.17, 15) is 9.18 Å². The molecule has 1 rings (SSSR count). The number of rotatable bonds is 3. The molecule has 0 unspecified atom stereocenters. The van der Waals surface area contributed by atoms with Gasteiger partial charge >= 0.3 is 0 Å². The van der Waals surface area contributed by atoms with Gasteiger partial charge in [0.15, 0.2) is 6.61 Å². The van der Waals surface area contributed by atoms with Crippen LogP contribution in [0, 0.1) is 5.82 Å². The number of ether oxygens (including phenoxy) is 1. The lowest BCUT2D eigenvalue weighted by Gasteiger charge is -2.01. The molecular formula is C8H9ClFNO2. The van der Waals surface area contributed by atoms with Crippen molar-refractivity contribution >= 4 is 18.3 Å². The van der Waals surface area contributed by atoms with Crippen LogP contribution in [0.25, 0.3) is 0 Å². The van der Waals surface area contributed by atoms with Crippen LogP contribution in [0.15, 0.2) is 24.3 Å². The summed E-state index contributed by atoms with van der Waals surface area (Å²) in [5, 5.41) is 0. The van der Waals surface area contributed by atoms with E-state index in [0.717, 1.165) is 0 Å². The quantitative estimate of drug-likeness (QED) is 0.804. The molecule has 0 spiro atoms. The molecular weight excluding hydrogens is 197 g/mol. The molecule has 1 aromatic carbocycles. The van der Waals surface area contributed by atoms with Gasteiger partial charge in [-0.3, -0.25) is 4.79 Å². The minimum Gasteiger partial charge on any atom is -0.484 e. The van der Waals surface area contributed by atoms with E-state index in [0.29, 0.717) is 5.75 Å². The molecule has 72 valence electrons. The molecule has 0 atom stereocenters. The van der Waals surface area contributed by atoms with Gasteiger partial charge in [0.05, 0.1) is 0 Å². The van der Waals surface area contributed by atoms with E-state index >= 15 is 0 Å². The van der Waals surface area contributed by atoms with Crippen LogP contribution in [0.4, 0.5) is 4.39 Å². The third-order valence-electron chi connectivity index (χ3n) is 1.19. The molecule has 0 aromatic heterocycles. The highest BCUT2D eigenvalue weighted by atomic mass is 35.5. The van der Waals surface area contributed by atoms with E-state index in [1.807, 2.05) is 0 Å². The predicted molar refractivity (Wildman–Crippen MR) is 48.3 cm³/mol. The van der Waals surface area contributed by atoms with Crippen LogP contribution in [0.3, 0.4) is 0 Å². The summed E-state index contributed by atoms with van der Waals surface area (Å²) < 4.78 is 17.2. The highest BCUT2D eigenvalue weighted by Crippen LogP contribution is 2.10. The molecule has 1 amide bonds. The number of nitrogens with two attached hydrogens (primary N) is 1. The van der Waals surface area contributed by atoms with Gasteiger partial charge in [0.1, 0.15) is 11.6 Å². The number of hydrogen-bond acceptors (Lipinski definition) is 2. The lowest BCUT2D eigenvalue weighted by Crippen LogP contribution is -2.19. The number of halogens is 2. The van der Waals surface area contributed by atoms with Crippen molar-refractivity contribution < 1.29 is 13.9 Å². The molecule has 5 heteroatoms. The zero-order valence-electron chi connectivity index (χ0n) is 6.70. The second-order valence-electron chi connectivity index (χ2n) is 2.21. The molecule has 13 heavy (non-hydrogen) atoms. The average Bonchev–Trinajstić information content (AvgIpc) is 2.03. The summed E-state index contributed by atoms with van der Waals surface area (Å²) in [6.45, 7) is -0.189. The fraction of sp³-hybridized carbons (Fsp3) is 0.125. The minimum absolute atomic E-state index is 0. The topological polar surface area (TPSA) is 52.3 Å². The third kappa shape index (κ3) is 4.32. The van der Waals surface area contributed by atoms with E-state index in [1.54, 1.807) is 0 Å². The van der Waals surface area contributed by atoms with E-state index in [1.165, 1.54) is 24.3 Å². The average molecular weight is 206 g/mol. The number of hydrogen-bond donors (Lipinski definition) is 1. The van der Waals surface area contributed by atoms with Gasteiger partial charge in [-0.1, -0.05) is 0 Å². The standard InChI is InChI=1S/C8H8FNO2.ClH/c9-6-1-3-7(4-2-6)12-5-8(10)11;/h1-4H,5H2,(H2,10,11);1H. The van der Waals surface area contributed by atoms with Crippen LogP contribution in [-0.2, 0) is 4.79 Å². The summed E-state index contributed by atoms with van der Waals surface area (Å²) in [4.78, 5) is 10.3. The Hall–Kier alpha value is -1.29. The van der Waals surface area contributed by atoms with Gasteiger partial charge in [-0.05, 0) is 24.3 Å². The van der Waals surface area contributed by atoms with Gasteiger partial charge in [-0.25, -0.2) is 4.39 Å². The van der Waals surface area contributed by atoms with Gasteiger partial charge in [0.2, 0.25) is 0 Å². The summed E-state index contributed by atoms with van der Waals surface area (Å²) in [6, 6.07) is 5.35.